The molecule has 0 bridgehead atoms. The first-order valence-corrected chi connectivity index (χ1v) is 8.39. The molecule has 0 fully saturated rings. The van der Waals surface area contributed by atoms with E-state index in [0.717, 1.165) is 28.5 Å². The monoisotopic (exact) mass is 315 g/mol. The molecule has 0 spiro atoms. The fourth-order valence-electron chi connectivity index (χ4n) is 2.31. The van der Waals surface area contributed by atoms with Crippen molar-refractivity contribution >= 4 is 0 Å². The molecular weight excluding hydrogens is 282 g/mol. The van der Waals surface area contributed by atoms with Crippen molar-refractivity contribution in [3.8, 4) is 11.3 Å². The Bertz CT molecular complexity index is 704. The summed E-state index contributed by atoms with van der Waals surface area (Å²) in [6.07, 6.45) is 0. The summed E-state index contributed by atoms with van der Waals surface area (Å²) in [5, 5.41) is 0. The first-order chi connectivity index (χ1) is 10.7. The zero-order valence-electron chi connectivity index (χ0n) is 17.1. The van der Waals surface area contributed by atoms with E-state index in [0.29, 0.717) is 6.04 Å². The lowest BCUT2D eigenvalue weighted by Gasteiger charge is -2.16. The molecule has 0 aliphatic rings. The third-order valence-corrected chi connectivity index (χ3v) is 3.95. The van der Waals surface area contributed by atoms with Gasteiger partial charge in [0.05, 0.1) is 12.2 Å². The highest BCUT2D eigenvalue weighted by atomic mass is 16.3. The van der Waals surface area contributed by atoms with Crippen LogP contribution in [0.2, 0.25) is 0 Å². The second kappa shape index (κ2) is 5.51. The standard InChI is InChI=1S/C21H32NO/c1-19(2,3)16-11-10-15(22-16)14-12-17(20(4,5)6)23-18(13-14)21(7,8)9/h10-13,22H,1-9H3/q+1/i11D. The van der Waals surface area contributed by atoms with Gasteiger partial charge in [0.25, 0.3) is 0 Å². The number of H-pyrrole nitrogens is 1. The maximum atomic E-state index is 8.29. The molecule has 126 valence electrons. The molecule has 0 aliphatic carbocycles. The van der Waals surface area contributed by atoms with Gasteiger partial charge in [-0.2, -0.15) is 0 Å². The van der Waals surface area contributed by atoms with E-state index in [1.807, 2.05) is 6.07 Å². The highest BCUT2D eigenvalue weighted by Gasteiger charge is 2.34. The van der Waals surface area contributed by atoms with Gasteiger partial charge in [0, 0.05) is 34.5 Å². The van der Waals surface area contributed by atoms with Crippen molar-refractivity contribution in [2.75, 3.05) is 0 Å². The van der Waals surface area contributed by atoms with Gasteiger partial charge in [-0.3, -0.25) is 0 Å². The van der Waals surface area contributed by atoms with Crippen LogP contribution in [-0.4, -0.2) is 4.98 Å². The van der Waals surface area contributed by atoms with Crippen molar-refractivity contribution in [2.45, 2.75) is 78.6 Å². The van der Waals surface area contributed by atoms with Crippen LogP contribution in [0.25, 0.3) is 11.3 Å². The molecule has 2 rings (SSSR count). The molecule has 1 N–H and O–H groups in total. The number of rotatable bonds is 1. The van der Waals surface area contributed by atoms with Gasteiger partial charge in [0.1, 0.15) is 0 Å². The SMILES string of the molecule is [2H]c1cc(-c2cc(C(C)(C)C)[o+]c(C(C)(C)C)c2)[nH]c1C(C)(C)C. The lowest BCUT2D eigenvalue weighted by Crippen LogP contribution is -2.16. The quantitative estimate of drug-likeness (QED) is 0.602. The summed E-state index contributed by atoms with van der Waals surface area (Å²) in [7, 11) is 0. The van der Waals surface area contributed by atoms with Gasteiger partial charge in [-0.15, -0.1) is 0 Å². The molecule has 0 radical (unpaired) electrons. The van der Waals surface area contributed by atoms with Gasteiger partial charge >= 0.3 is 11.5 Å². The van der Waals surface area contributed by atoms with E-state index in [2.05, 4.69) is 79.4 Å². The minimum absolute atomic E-state index is 0.0702. The second-order valence-electron chi connectivity index (χ2n) is 9.53. The van der Waals surface area contributed by atoms with Crippen molar-refractivity contribution in [1.29, 1.82) is 0 Å². The van der Waals surface area contributed by atoms with Crippen LogP contribution >= 0.6 is 0 Å². The van der Waals surface area contributed by atoms with Crippen LogP contribution in [0.15, 0.2) is 28.7 Å². The molecule has 2 aromatic rings. The van der Waals surface area contributed by atoms with E-state index in [4.69, 9.17) is 5.79 Å². The van der Waals surface area contributed by atoms with Gasteiger partial charge in [-0.05, 0) is 53.7 Å². The third kappa shape index (κ3) is 4.04. The molecule has 0 saturated heterocycles. The summed E-state index contributed by atoms with van der Waals surface area (Å²) in [4.78, 5) is 3.47. The average molecular weight is 315 g/mol. The van der Waals surface area contributed by atoms with Crippen molar-refractivity contribution in [3.05, 3.63) is 41.5 Å². The Labute approximate surface area is 142 Å². The zero-order chi connectivity index (χ0) is 18.5. The minimum atomic E-state index is -0.0752. The predicted molar refractivity (Wildman–Crippen MR) is 99.0 cm³/mol. The first kappa shape index (κ1) is 16.3. The molecule has 23 heavy (non-hydrogen) atoms. The van der Waals surface area contributed by atoms with E-state index >= 15 is 0 Å². The van der Waals surface area contributed by atoms with E-state index < -0.39 is 0 Å². The van der Waals surface area contributed by atoms with Crippen molar-refractivity contribution in [1.82, 2.24) is 4.98 Å². The lowest BCUT2D eigenvalue weighted by molar-refractivity contribution is 0.329. The van der Waals surface area contributed by atoms with E-state index in [1.54, 1.807) is 0 Å². The Morgan fingerprint density at radius 3 is 1.65 bits per heavy atom. The van der Waals surface area contributed by atoms with E-state index in [9.17, 15) is 0 Å². The lowest BCUT2D eigenvalue weighted by atomic mass is 9.88. The molecule has 2 nitrogen and oxygen atoms in total. The molecule has 0 unspecified atom stereocenters. The maximum absolute atomic E-state index is 8.29. The number of aromatic nitrogens is 1. The topological polar surface area (TPSA) is 27.1 Å². The molecule has 2 heterocycles. The van der Waals surface area contributed by atoms with Gasteiger partial charge < -0.3 is 4.98 Å². The molecular formula is C21H32NO+. The summed E-state index contributed by atoms with van der Waals surface area (Å²) >= 11 is 0. The van der Waals surface area contributed by atoms with Crippen molar-refractivity contribution in [2.24, 2.45) is 0 Å². The number of hydrogen-bond acceptors (Lipinski definition) is 0. The Hall–Kier alpha value is -1.57. The van der Waals surface area contributed by atoms with Crippen LogP contribution in [0.4, 0.5) is 0 Å². The van der Waals surface area contributed by atoms with Crippen molar-refractivity contribution in [3.63, 3.8) is 0 Å². The Balaban J connectivity index is 2.66. The number of hydrogen-bond donors (Lipinski definition) is 1. The molecule has 0 amide bonds. The molecule has 0 aliphatic heterocycles. The van der Waals surface area contributed by atoms with Gasteiger partial charge in [0.15, 0.2) is 0 Å². The summed E-state index contributed by atoms with van der Waals surface area (Å²) < 4.78 is 14.5. The van der Waals surface area contributed by atoms with E-state index in [-0.39, 0.29) is 16.2 Å². The summed E-state index contributed by atoms with van der Waals surface area (Å²) in [5.74, 6) is 1.92. The average Bonchev–Trinajstić information content (AvgIpc) is 2.78. The van der Waals surface area contributed by atoms with Crippen LogP contribution in [0.3, 0.4) is 0 Å². The number of nitrogens with one attached hydrogen (secondary N) is 1. The molecule has 0 saturated carbocycles. The van der Waals surface area contributed by atoms with Crippen LogP contribution < -0.4 is 0 Å². The Morgan fingerprint density at radius 1 is 0.826 bits per heavy atom. The molecule has 0 atom stereocenters. The molecule has 2 heteroatoms. The summed E-state index contributed by atoms with van der Waals surface area (Å²) in [6.45, 7) is 19.3. The van der Waals surface area contributed by atoms with Crippen LogP contribution in [-0.2, 0) is 16.2 Å². The van der Waals surface area contributed by atoms with Crippen LogP contribution in [0.1, 0.15) is 80.9 Å². The third-order valence-electron chi connectivity index (χ3n) is 3.95. The van der Waals surface area contributed by atoms with Gasteiger partial charge in [-0.25, -0.2) is 4.42 Å². The van der Waals surface area contributed by atoms with E-state index in [1.165, 1.54) is 0 Å². The Kier molecular flexibility index (Phi) is 3.90. The predicted octanol–water partition coefficient (Wildman–Crippen LogP) is 6.45. The second-order valence-corrected chi connectivity index (χ2v) is 9.53. The highest BCUT2D eigenvalue weighted by molar-refractivity contribution is 5.61. The fourth-order valence-corrected chi connectivity index (χ4v) is 2.31. The smallest absolute Gasteiger partial charge is 0.335 e. The highest BCUT2D eigenvalue weighted by Crippen LogP contribution is 2.34. The molecule has 2 aromatic heterocycles. The Morgan fingerprint density at radius 2 is 1.30 bits per heavy atom. The number of aromatic amines is 1. The summed E-state index contributed by atoms with van der Waals surface area (Å²) in [6, 6.07) is 6.70. The molecule has 0 aromatic carbocycles. The fraction of sp³-hybridized carbons (Fsp3) is 0.571. The zero-order valence-corrected chi connectivity index (χ0v) is 16.1. The van der Waals surface area contributed by atoms with Crippen LogP contribution in [0.5, 0.6) is 0 Å². The minimum Gasteiger partial charge on any atom is -0.358 e. The first-order valence-electron chi connectivity index (χ1n) is 8.89. The largest absolute Gasteiger partial charge is 0.358 e. The maximum Gasteiger partial charge on any atom is 0.335 e. The van der Waals surface area contributed by atoms with Gasteiger partial charge in [0.2, 0.25) is 0 Å². The normalized spacial score (nSPS) is 14.0. The van der Waals surface area contributed by atoms with Crippen LogP contribution in [0, 0.1) is 0 Å². The van der Waals surface area contributed by atoms with Gasteiger partial charge in [-0.1, -0.05) is 20.8 Å². The summed E-state index contributed by atoms with van der Waals surface area (Å²) in [5.41, 5.74) is 2.82. The van der Waals surface area contributed by atoms with Crippen molar-refractivity contribution < 1.29 is 5.79 Å².